The van der Waals surface area contributed by atoms with Crippen molar-refractivity contribution in [2.45, 2.75) is 13.0 Å². The molecule has 8 heteroatoms. The second kappa shape index (κ2) is 9.19. The van der Waals surface area contributed by atoms with E-state index in [0.717, 1.165) is 59.8 Å². The van der Waals surface area contributed by atoms with Crippen LogP contribution in [0.2, 0.25) is 0 Å². The average molecular weight is 491 g/mol. The fourth-order valence-electron chi connectivity index (χ4n) is 5.48. The molecule has 1 unspecified atom stereocenters. The van der Waals surface area contributed by atoms with Crippen LogP contribution in [0.15, 0.2) is 71.3 Å². The molecule has 1 fully saturated rings. The van der Waals surface area contributed by atoms with Crippen molar-refractivity contribution in [3.63, 3.8) is 0 Å². The third kappa shape index (κ3) is 3.94. The van der Waals surface area contributed by atoms with Gasteiger partial charge in [0.25, 0.3) is 11.8 Å². The third-order valence-corrected chi connectivity index (χ3v) is 7.29. The number of carbonyl (C=O) groups excluding carboxylic acids is 1. The predicted octanol–water partition coefficient (Wildman–Crippen LogP) is 4.42. The highest BCUT2D eigenvalue weighted by Gasteiger charge is 2.35. The van der Waals surface area contributed by atoms with Crippen LogP contribution in [0, 0.1) is 18.3 Å². The van der Waals surface area contributed by atoms with E-state index in [1.165, 1.54) is 0 Å². The molecular formula is C29H26N6O2. The number of nitriles is 1. The second-order valence-electron chi connectivity index (χ2n) is 9.43. The van der Waals surface area contributed by atoms with E-state index in [1.54, 1.807) is 11.8 Å². The van der Waals surface area contributed by atoms with Gasteiger partial charge in [0.1, 0.15) is 6.07 Å². The summed E-state index contributed by atoms with van der Waals surface area (Å²) in [6.45, 7) is 4.88. The molecule has 37 heavy (non-hydrogen) atoms. The number of piperazine rings is 1. The van der Waals surface area contributed by atoms with E-state index in [2.05, 4.69) is 38.1 Å². The minimum absolute atomic E-state index is 0.0133. The first kappa shape index (κ1) is 23.0. The van der Waals surface area contributed by atoms with Crippen LogP contribution >= 0.6 is 0 Å². The van der Waals surface area contributed by atoms with Crippen molar-refractivity contribution in [2.75, 3.05) is 43.0 Å². The maximum atomic E-state index is 13.3. The van der Waals surface area contributed by atoms with Gasteiger partial charge in [-0.05, 0) is 48.4 Å². The van der Waals surface area contributed by atoms with Gasteiger partial charge in [-0.15, -0.1) is 0 Å². The number of hydrogen-bond donors (Lipinski definition) is 0. The maximum absolute atomic E-state index is 13.3. The van der Waals surface area contributed by atoms with E-state index in [-0.39, 0.29) is 11.9 Å². The Labute approximate surface area is 215 Å². The SMILES string of the molecule is Cc1noc(-c2ccc(N3CCN(C4c5ccccc5C(=O)N(C)c5ccccc54)CC3)c(C#N)c2)n1. The van der Waals surface area contributed by atoms with E-state index in [0.29, 0.717) is 17.3 Å². The largest absolute Gasteiger partial charge is 0.368 e. The summed E-state index contributed by atoms with van der Waals surface area (Å²) in [6.07, 6.45) is 0. The molecule has 1 amide bonds. The van der Waals surface area contributed by atoms with Gasteiger partial charge in [0.15, 0.2) is 5.82 Å². The van der Waals surface area contributed by atoms with Gasteiger partial charge in [-0.3, -0.25) is 9.69 Å². The minimum Gasteiger partial charge on any atom is -0.368 e. The van der Waals surface area contributed by atoms with Crippen LogP contribution in [0.1, 0.15) is 38.9 Å². The van der Waals surface area contributed by atoms with Gasteiger partial charge in [0.05, 0.1) is 17.3 Å². The zero-order chi connectivity index (χ0) is 25.5. The number of aromatic nitrogens is 2. The van der Waals surface area contributed by atoms with Crippen molar-refractivity contribution in [1.29, 1.82) is 5.26 Å². The summed E-state index contributed by atoms with van der Waals surface area (Å²) in [5.41, 5.74) is 6.07. The van der Waals surface area contributed by atoms with E-state index in [4.69, 9.17) is 4.52 Å². The highest BCUT2D eigenvalue weighted by Crippen LogP contribution is 2.40. The van der Waals surface area contributed by atoms with Gasteiger partial charge in [-0.2, -0.15) is 10.2 Å². The Bertz CT molecular complexity index is 1530. The zero-order valence-corrected chi connectivity index (χ0v) is 20.8. The molecule has 1 saturated heterocycles. The lowest BCUT2D eigenvalue weighted by Crippen LogP contribution is -2.48. The third-order valence-electron chi connectivity index (χ3n) is 7.29. The lowest BCUT2D eigenvalue weighted by molar-refractivity contribution is 0.0992. The Morgan fingerprint density at radius 1 is 0.946 bits per heavy atom. The van der Waals surface area contributed by atoms with Crippen molar-refractivity contribution in [3.8, 4) is 17.5 Å². The van der Waals surface area contributed by atoms with Crippen molar-refractivity contribution in [3.05, 3.63) is 94.8 Å². The van der Waals surface area contributed by atoms with Gasteiger partial charge in [0.2, 0.25) is 0 Å². The predicted molar refractivity (Wildman–Crippen MR) is 140 cm³/mol. The van der Waals surface area contributed by atoms with Crippen LogP contribution in [-0.4, -0.2) is 54.2 Å². The van der Waals surface area contributed by atoms with Gasteiger partial charge < -0.3 is 14.3 Å². The smallest absolute Gasteiger partial charge is 0.258 e. The summed E-state index contributed by atoms with van der Waals surface area (Å²) in [4.78, 5) is 24.1. The van der Waals surface area contributed by atoms with Crippen molar-refractivity contribution < 1.29 is 9.32 Å². The normalized spacial score (nSPS) is 17.6. The Kier molecular flexibility index (Phi) is 5.70. The molecule has 3 aromatic carbocycles. The molecule has 0 radical (unpaired) electrons. The number of anilines is 2. The standard InChI is InChI=1S/C29H26N6O2/c1-19-31-28(37-32-19)20-11-12-25(21(17-20)18-30)34-13-15-35(16-14-34)27-22-7-3-4-8-23(22)29(36)33(2)26-10-6-5-9-24(26)27/h3-12,17,27H,13-16H2,1-2H3. The molecule has 2 aliphatic heterocycles. The van der Waals surface area contributed by atoms with Crippen LogP contribution in [0.4, 0.5) is 11.4 Å². The number of nitrogens with zero attached hydrogens (tertiary/aromatic N) is 6. The lowest BCUT2D eigenvalue weighted by Gasteiger charge is -2.41. The molecule has 4 aromatic rings. The van der Waals surface area contributed by atoms with E-state index in [1.807, 2.05) is 61.6 Å². The molecule has 8 nitrogen and oxygen atoms in total. The van der Waals surface area contributed by atoms with Crippen molar-refractivity contribution >= 4 is 17.3 Å². The van der Waals surface area contributed by atoms with Gasteiger partial charge >= 0.3 is 0 Å². The fourth-order valence-corrected chi connectivity index (χ4v) is 5.48. The number of carbonyl (C=O) groups is 1. The number of para-hydroxylation sites is 1. The van der Waals surface area contributed by atoms with Crippen molar-refractivity contribution in [2.24, 2.45) is 0 Å². The maximum Gasteiger partial charge on any atom is 0.258 e. The summed E-state index contributed by atoms with van der Waals surface area (Å²) < 4.78 is 5.28. The molecule has 0 aliphatic carbocycles. The highest BCUT2D eigenvalue weighted by atomic mass is 16.5. The first-order valence-electron chi connectivity index (χ1n) is 12.3. The van der Waals surface area contributed by atoms with Crippen LogP contribution < -0.4 is 9.80 Å². The molecule has 0 spiro atoms. The van der Waals surface area contributed by atoms with Crippen LogP contribution in [0.3, 0.4) is 0 Å². The number of fused-ring (bicyclic) bond motifs is 2. The molecule has 3 heterocycles. The summed E-state index contributed by atoms with van der Waals surface area (Å²) in [7, 11) is 1.85. The molecule has 1 aromatic heterocycles. The van der Waals surface area contributed by atoms with E-state index < -0.39 is 0 Å². The number of hydrogen-bond acceptors (Lipinski definition) is 7. The molecular weight excluding hydrogens is 464 g/mol. The van der Waals surface area contributed by atoms with Crippen LogP contribution in [0.25, 0.3) is 11.5 Å². The van der Waals surface area contributed by atoms with Gasteiger partial charge in [-0.1, -0.05) is 41.6 Å². The average Bonchev–Trinajstić information content (AvgIpc) is 3.36. The number of amides is 1. The molecule has 1 atom stereocenters. The van der Waals surface area contributed by atoms with Gasteiger partial charge in [0, 0.05) is 50.0 Å². The summed E-state index contributed by atoms with van der Waals surface area (Å²) in [5, 5.41) is 13.7. The molecule has 6 rings (SSSR count). The topological polar surface area (TPSA) is 89.5 Å². The number of aryl methyl sites for hydroxylation is 1. The molecule has 184 valence electrons. The monoisotopic (exact) mass is 490 g/mol. The Hall–Kier alpha value is -4.48. The minimum atomic E-state index is -0.0259. The van der Waals surface area contributed by atoms with Crippen LogP contribution in [-0.2, 0) is 0 Å². The molecule has 0 bridgehead atoms. The Morgan fingerprint density at radius 2 is 1.68 bits per heavy atom. The van der Waals surface area contributed by atoms with E-state index >= 15 is 0 Å². The van der Waals surface area contributed by atoms with Gasteiger partial charge in [-0.25, -0.2) is 0 Å². The van der Waals surface area contributed by atoms with Crippen molar-refractivity contribution in [1.82, 2.24) is 15.0 Å². The molecule has 0 saturated carbocycles. The first-order chi connectivity index (χ1) is 18.0. The second-order valence-corrected chi connectivity index (χ2v) is 9.43. The number of benzene rings is 3. The Morgan fingerprint density at radius 3 is 2.41 bits per heavy atom. The lowest BCUT2D eigenvalue weighted by atomic mass is 9.93. The zero-order valence-electron chi connectivity index (χ0n) is 20.8. The molecule has 0 N–H and O–H groups in total. The first-order valence-corrected chi connectivity index (χ1v) is 12.3. The molecule has 2 aliphatic rings. The van der Waals surface area contributed by atoms with E-state index in [9.17, 15) is 10.1 Å². The quantitative estimate of drug-likeness (QED) is 0.420. The highest BCUT2D eigenvalue weighted by molar-refractivity contribution is 6.08. The summed E-state index contributed by atoms with van der Waals surface area (Å²) >= 11 is 0. The fraction of sp³-hybridized carbons (Fsp3) is 0.241. The Balaban J connectivity index is 1.30. The summed E-state index contributed by atoms with van der Waals surface area (Å²) in [6, 6.07) is 24.1. The number of rotatable bonds is 3. The van der Waals surface area contributed by atoms with Crippen LogP contribution in [0.5, 0.6) is 0 Å². The summed E-state index contributed by atoms with van der Waals surface area (Å²) in [5.74, 6) is 0.984.